The molecule has 120 valence electrons. The van der Waals surface area contributed by atoms with Gasteiger partial charge in [-0.3, -0.25) is 0 Å². The first kappa shape index (κ1) is 17.7. The summed E-state index contributed by atoms with van der Waals surface area (Å²) in [7, 11) is 0. The van der Waals surface area contributed by atoms with Gasteiger partial charge in [-0.2, -0.15) is 4.39 Å². The Balaban J connectivity index is 3.37. The van der Waals surface area contributed by atoms with E-state index in [9.17, 15) is 13.2 Å². The van der Waals surface area contributed by atoms with Gasteiger partial charge in [-0.1, -0.05) is 13.8 Å². The van der Waals surface area contributed by atoms with Crippen LogP contribution in [0.4, 0.5) is 13.2 Å². The first-order valence-corrected chi connectivity index (χ1v) is 7.08. The molecular formula is C16H23F3O2. The number of ether oxygens (including phenoxy) is 2. The Kier molecular flexibility index (Phi) is 5.18. The molecule has 0 aliphatic carbocycles. The van der Waals surface area contributed by atoms with Gasteiger partial charge in [-0.15, -0.1) is 0 Å². The third-order valence-corrected chi connectivity index (χ3v) is 3.55. The molecule has 1 rings (SSSR count). The zero-order valence-corrected chi connectivity index (χ0v) is 13.4. The minimum Gasteiger partial charge on any atom is -0.481 e. The minimum absolute atomic E-state index is 0.387. The summed E-state index contributed by atoms with van der Waals surface area (Å²) < 4.78 is 52.5. The van der Waals surface area contributed by atoms with Crippen molar-refractivity contribution >= 4 is 0 Å². The first-order chi connectivity index (χ1) is 9.53. The Morgan fingerprint density at radius 2 is 1.24 bits per heavy atom. The fourth-order valence-electron chi connectivity index (χ4n) is 1.44. The van der Waals surface area contributed by atoms with Gasteiger partial charge in [-0.25, -0.2) is 8.78 Å². The Morgan fingerprint density at radius 1 is 0.810 bits per heavy atom. The summed E-state index contributed by atoms with van der Waals surface area (Å²) in [6.45, 7) is 10.6. The monoisotopic (exact) mass is 304 g/mol. The zero-order chi connectivity index (χ0) is 16.4. The van der Waals surface area contributed by atoms with Crippen LogP contribution in [0.25, 0.3) is 0 Å². The lowest BCUT2D eigenvalue weighted by atomic mass is 10.1. The Hall–Kier alpha value is -1.39. The second-order valence-corrected chi connectivity index (χ2v) is 6.24. The average molecular weight is 304 g/mol. The van der Waals surface area contributed by atoms with Crippen LogP contribution in [0.3, 0.4) is 0 Å². The molecule has 0 amide bonds. The van der Waals surface area contributed by atoms with E-state index in [4.69, 9.17) is 9.47 Å². The molecule has 0 unspecified atom stereocenters. The topological polar surface area (TPSA) is 18.5 Å². The Bertz CT molecular complexity index is 511. The summed E-state index contributed by atoms with van der Waals surface area (Å²) in [6.07, 6.45) is 1.11. The normalized spacial score (nSPS) is 12.4. The van der Waals surface area contributed by atoms with E-state index in [1.54, 1.807) is 27.7 Å². The van der Waals surface area contributed by atoms with Crippen molar-refractivity contribution in [2.75, 3.05) is 0 Å². The van der Waals surface area contributed by atoms with Crippen molar-refractivity contribution < 1.29 is 22.6 Å². The molecule has 1 aromatic rings. The number of hydrogen-bond acceptors (Lipinski definition) is 2. The zero-order valence-electron chi connectivity index (χ0n) is 13.4. The SMILES string of the molecule is CCC(C)(C)Oc1c(F)cc(F)c(F)c1OC(C)(C)CC. The Morgan fingerprint density at radius 3 is 1.67 bits per heavy atom. The molecule has 0 heterocycles. The van der Waals surface area contributed by atoms with Crippen molar-refractivity contribution in [2.24, 2.45) is 0 Å². The molecular weight excluding hydrogens is 281 g/mol. The lowest BCUT2D eigenvalue weighted by Crippen LogP contribution is -2.31. The number of rotatable bonds is 6. The fraction of sp³-hybridized carbons (Fsp3) is 0.625. The maximum absolute atomic E-state index is 14.0. The van der Waals surface area contributed by atoms with E-state index in [0.717, 1.165) is 0 Å². The predicted molar refractivity (Wildman–Crippen MR) is 76.3 cm³/mol. The highest BCUT2D eigenvalue weighted by atomic mass is 19.2. The van der Waals surface area contributed by atoms with E-state index >= 15 is 0 Å². The van der Waals surface area contributed by atoms with Crippen molar-refractivity contribution in [3.63, 3.8) is 0 Å². The summed E-state index contributed by atoms with van der Waals surface area (Å²) in [5.74, 6) is -4.41. The van der Waals surface area contributed by atoms with E-state index in [1.807, 2.05) is 13.8 Å². The van der Waals surface area contributed by atoms with Gasteiger partial charge in [0.05, 0.1) is 0 Å². The second-order valence-electron chi connectivity index (χ2n) is 6.24. The molecule has 0 bridgehead atoms. The van der Waals surface area contributed by atoms with Crippen molar-refractivity contribution in [3.8, 4) is 11.5 Å². The summed E-state index contributed by atoms with van der Waals surface area (Å²) in [5, 5.41) is 0. The van der Waals surface area contributed by atoms with Crippen LogP contribution in [-0.2, 0) is 0 Å². The van der Waals surface area contributed by atoms with E-state index in [0.29, 0.717) is 18.9 Å². The van der Waals surface area contributed by atoms with Gasteiger partial charge in [0.25, 0.3) is 0 Å². The summed E-state index contributed by atoms with van der Waals surface area (Å²) in [6, 6.07) is 0.474. The van der Waals surface area contributed by atoms with Crippen LogP contribution in [0, 0.1) is 17.5 Å². The molecule has 0 spiro atoms. The minimum atomic E-state index is -1.30. The molecule has 0 aliphatic heterocycles. The molecule has 0 N–H and O–H groups in total. The van der Waals surface area contributed by atoms with Crippen LogP contribution in [0.2, 0.25) is 0 Å². The lowest BCUT2D eigenvalue weighted by molar-refractivity contribution is 0.0638. The quantitative estimate of drug-likeness (QED) is 0.669. The van der Waals surface area contributed by atoms with Gasteiger partial charge < -0.3 is 9.47 Å². The van der Waals surface area contributed by atoms with Gasteiger partial charge in [0.1, 0.15) is 11.2 Å². The highest BCUT2D eigenvalue weighted by molar-refractivity contribution is 5.43. The predicted octanol–water partition coefficient (Wildman–Crippen LogP) is 5.24. The van der Waals surface area contributed by atoms with E-state index in [-0.39, 0.29) is 5.75 Å². The second kappa shape index (κ2) is 6.16. The molecule has 1 aromatic carbocycles. The molecule has 0 fully saturated rings. The van der Waals surface area contributed by atoms with E-state index in [1.165, 1.54) is 0 Å². The molecule has 5 heteroatoms. The third kappa shape index (κ3) is 4.29. The fourth-order valence-corrected chi connectivity index (χ4v) is 1.44. The molecule has 21 heavy (non-hydrogen) atoms. The summed E-state index contributed by atoms with van der Waals surface area (Å²) >= 11 is 0. The van der Waals surface area contributed by atoms with Crippen molar-refractivity contribution in [1.82, 2.24) is 0 Å². The molecule has 2 nitrogen and oxygen atoms in total. The van der Waals surface area contributed by atoms with Crippen LogP contribution in [0.1, 0.15) is 54.4 Å². The van der Waals surface area contributed by atoms with Crippen molar-refractivity contribution in [3.05, 3.63) is 23.5 Å². The van der Waals surface area contributed by atoms with Gasteiger partial charge >= 0.3 is 0 Å². The van der Waals surface area contributed by atoms with Crippen LogP contribution >= 0.6 is 0 Å². The van der Waals surface area contributed by atoms with Crippen LogP contribution < -0.4 is 9.47 Å². The van der Waals surface area contributed by atoms with Gasteiger partial charge in [-0.05, 0) is 40.5 Å². The van der Waals surface area contributed by atoms with E-state index in [2.05, 4.69) is 0 Å². The maximum atomic E-state index is 14.0. The molecule has 0 aliphatic rings. The van der Waals surface area contributed by atoms with E-state index < -0.39 is 34.4 Å². The molecule has 0 saturated heterocycles. The largest absolute Gasteiger partial charge is 0.481 e. The Labute approximate surface area is 124 Å². The number of benzene rings is 1. The average Bonchev–Trinajstić information content (AvgIpc) is 2.40. The highest BCUT2D eigenvalue weighted by Gasteiger charge is 2.30. The summed E-state index contributed by atoms with van der Waals surface area (Å²) in [5.41, 5.74) is -1.49. The number of hydrogen-bond donors (Lipinski definition) is 0. The van der Waals surface area contributed by atoms with Gasteiger partial charge in [0, 0.05) is 6.07 Å². The van der Waals surface area contributed by atoms with Crippen LogP contribution in [0.5, 0.6) is 11.5 Å². The van der Waals surface area contributed by atoms with Crippen molar-refractivity contribution in [1.29, 1.82) is 0 Å². The molecule has 0 atom stereocenters. The molecule has 0 aromatic heterocycles. The van der Waals surface area contributed by atoms with Crippen LogP contribution in [0.15, 0.2) is 6.07 Å². The van der Waals surface area contributed by atoms with Crippen LogP contribution in [-0.4, -0.2) is 11.2 Å². The van der Waals surface area contributed by atoms with Crippen molar-refractivity contribution in [2.45, 2.75) is 65.6 Å². The first-order valence-electron chi connectivity index (χ1n) is 7.08. The summed E-state index contributed by atoms with van der Waals surface area (Å²) in [4.78, 5) is 0. The third-order valence-electron chi connectivity index (χ3n) is 3.55. The standard InChI is InChI=1S/C16H23F3O2/c1-7-15(3,4)20-13-11(18)9-10(17)12(19)14(13)21-16(5,6)8-2/h9H,7-8H2,1-6H3. The lowest BCUT2D eigenvalue weighted by Gasteiger charge is -2.30. The smallest absolute Gasteiger partial charge is 0.204 e. The van der Waals surface area contributed by atoms with Gasteiger partial charge in [0.15, 0.2) is 11.6 Å². The molecule has 0 saturated carbocycles. The van der Waals surface area contributed by atoms with Gasteiger partial charge in [0.2, 0.25) is 17.3 Å². The highest BCUT2D eigenvalue weighted by Crippen LogP contribution is 2.39. The molecule has 0 radical (unpaired) electrons. The maximum Gasteiger partial charge on any atom is 0.204 e. The number of halogens is 3.